The van der Waals surface area contributed by atoms with Gasteiger partial charge in [-0.1, -0.05) is 31.1 Å². The minimum absolute atomic E-state index is 0.0897. The molecule has 0 saturated carbocycles. The van der Waals surface area contributed by atoms with E-state index in [0.717, 1.165) is 11.3 Å². The van der Waals surface area contributed by atoms with Crippen LogP contribution in [0.4, 0.5) is 0 Å². The quantitative estimate of drug-likeness (QED) is 0.662. The smallest absolute Gasteiger partial charge is 0.251 e. The van der Waals surface area contributed by atoms with Crippen LogP contribution in [-0.2, 0) is 5.75 Å². The zero-order chi connectivity index (χ0) is 19.2. The second kappa shape index (κ2) is 8.81. The summed E-state index contributed by atoms with van der Waals surface area (Å²) in [7, 11) is 0. The highest BCUT2D eigenvalue weighted by Crippen LogP contribution is 2.23. The van der Waals surface area contributed by atoms with E-state index in [9.17, 15) is 4.79 Å². The van der Waals surface area contributed by atoms with E-state index >= 15 is 0 Å². The summed E-state index contributed by atoms with van der Waals surface area (Å²) in [6.07, 6.45) is 5.41. The molecule has 2 heterocycles. The first-order valence-corrected chi connectivity index (χ1v) is 10.1. The molecule has 6 nitrogen and oxygen atoms in total. The Morgan fingerprint density at radius 1 is 1.22 bits per heavy atom. The van der Waals surface area contributed by atoms with Gasteiger partial charge in [-0.05, 0) is 42.0 Å². The molecule has 27 heavy (non-hydrogen) atoms. The van der Waals surface area contributed by atoms with Crippen molar-refractivity contribution in [1.29, 1.82) is 0 Å². The van der Waals surface area contributed by atoms with Crippen molar-refractivity contribution in [2.45, 2.75) is 25.6 Å². The highest BCUT2D eigenvalue weighted by Gasteiger charge is 2.25. The molecule has 0 aliphatic carbocycles. The van der Waals surface area contributed by atoms with Crippen LogP contribution in [0.15, 0.2) is 53.3 Å². The summed E-state index contributed by atoms with van der Waals surface area (Å²) in [5.74, 6) is 1.70. The van der Waals surface area contributed by atoms with Crippen LogP contribution in [0.1, 0.15) is 41.7 Å². The third-order valence-electron chi connectivity index (χ3n) is 4.11. The number of carbonyl (C=O) groups is 1. The monoisotopic (exact) mass is 382 g/mol. The summed E-state index contributed by atoms with van der Waals surface area (Å²) in [6.45, 7) is 4.00. The zero-order valence-corrected chi connectivity index (χ0v) is 16.4. The molecule has 1 amide bonds. The molecule has 0 fully saturated rings. The van der Waals surface area contributed by atoms with Crippen molar-refractivity contribution in [1.82, 2.24) is 20.4 Å². The SMILES string of the molecule is CSCc1ccc(C(=O)NC(c2nc(-c3cccnc3)no2)C(C)C)cc1. The zero-order valence-electron chi connectivity index (χ0n) is 15.5. The fraction of sp³-hybridized carbons (Fsp3) is 0.300. The maximum atomic E-state index is 12.7. The third-order valence-corrected chi connectivity index (χ3v) is 4.73. The van der Waals surface area contributed by atoms with Gasteiger partial charge >= 0.3 is 0 Å². The summed E-state index contributed by atoms with van der Waals surface area (Å²) < 4.78 is 5.42. The van der Waals surface area contributed by atoms with E-state index in [1.54, 1.807) is 24.2 Å². The van der Waals surface area contributed by atoms with Gasteiger partial charge in [0.05, 0.1) is 0 Å². The molecule has 0 aliphatic rings. The summed E-state index contributed by atoms with van der Waals surface area (Å²) in [5, 5.41) is 7.03. The van der Waals surface area contributed by atoms with Gasteiger partial charge < -0.3 is 9.84 Å². The first kappa shape index (κ1) is 19.1. The maximum Gasteiger partial charge on any atom is 0.251 e. The van der Waals surface area contributed by atoms with E-state index in [1.807, 2.05) is 50.2 Å². The Kier molecular flexibility index (Phi) is 6.24. The molecule has 0 saturated heterocycles. The molecule has 1 unspecified atom stereocenters. The minimum Gasteiger partial charge on any atom is -0.340 e. The van der Waals surface area contributed by atoms with Gasteiger partial charge in [-0.3, -0.25) is 9.78 Å². The van der Waals surface area contributed by atoms with Crippen LogP contribution in [0.3, 0.4) is 0 Å². The van der Waals surface area contributed by atoms with Crippen molar-refractivity contribution in [3.05, 3.63) is 65.8 Å². The van der Waals surface area contributed by atoms with E-state index in [4.69, 9.17) is 4.52 Å². The normalized spacial score (nSPS) is 12.1. The number of nitrogens with zero attached hydrogens (tertiary/aromatic N) is 3. The van der Waals surface area contributed by atoms with Crippen LogP contribution in [0.5, 0.6) is 0 Å². The molecule has 2 aromatic heterocycles. The van der Waals surface area contributed by atoms with Crippen molar-refractivity contribution in [2.75, 3.05) is 6.26 Å². The fourth-order valence-electron chi connectivity index (χ4n) is 2.63. The van der Waals surface area contributed by atoms with Crippen molar-refractivity contribution >= 4 is 17.7 Å². The lowest BCUT2D eigenvalue weighted by molar-refractivity contribution is 0.0914. The molecule has 0 spiro atoms. The first-order chi connectivity index (χ1) is 13.1. The number of thioether (sulfide) groups is 1. The third kappa shape index (κ3) is 4.74. The van der Waals surface area contributed by atoms with Crippen LogP contribution in [0, 0.1) is 5.92 Å². The Balaban J connectivity index is 1.76. The number of hydrogen-bond acceptors (Lipinski definition) is 6. The Morgan fingerprint density at radius 2 is 2.00 bits per heavy atom. The molecule has 3 aromatic rings. The molecule has 0 aliphatic heterocycles. The lowest BCUT2D eigenvalue weighted by Gasteiger charge is -2.18. The number of rotatable bonds is 7. The van der Waals surface area contributed by atoms with Gasteiger partial charge in [-0.2, -0.15) is 16.7 Å². The van der Waals surface area contributed by atoms with Crippen LogP contribution >= 0.6 is 11.8 Å². The Labute approximate surface area is 162 Å². The topological polar surface area (TPSA) is 80.9 Å². The van der Waals surface area contributed by atoms with E-state index < -0.39 is 0 Å². The molecular formula is C20H22N4O2S. The molecule has 0 radical (unpaired) electrons. The highest BCUT2D eigenvalue weighted by atomic mass is 32.2. The van der Waals surface area contributed by atoms with Crippen LogP contribution in [-0.4, -0.2) is 27.3 Å². The number of amides is 1. The largest absolute Gasteiger partial charge is 0.340 e. The van der Waals surface area contributed by atoms with Gasteiger partial charge in [-0.25, -0.2) is 0 Å². The Hall–Kier alpha value is -2.67. The Bertz CT molecular complexity index is 879. The molecular weight excluding hydrogens is 360 g/mol. The van der Waals surface area contributed by atoms with Crippen molar-refractivity contribution in [3.8, 4) is 11.4 Å². The summed E-state index contributed by atoms with van der Waals surface area (Å²) in [5.41, 5.74) is 2.57. The molecule has 3 rings (SSSR count). The van der Waals surface area contributed by atoms with Crippen molar-refractivity contribution in [2.24, 2.45) is 5.92 Å². The lowest BCUT2D eigenvalue weighted by Crippen LogP contribution is -2.32. The number of carbonyl (C=O) groups excluding carboxylic acids is 1. The van der Waals surface area contributed by atoms with Gasteiger partial charge in [0.25, 0.3) is 5.91 Å². The van der Waals surface area contributed by atoms with Gasteiger partial charge in [0.15, 0.2) is 0 Å². The summed E-state index contributed by atoms with van der Waals surface area (Å²) in [6, 6.07) is 10.9. The number of benzene rings is 1. The Morgan fingerprint density at radius 3 is 2.63 bits per heavy atom. The minimum atomic E-state index is -0.374. The summed E-state index contributed by atoms with van der Waals surface area (Å²) >= 11 is 1.75. The second-order valence-corrected chi connectivity index (χ2v) is 7.39. The highest BCUT2D eigenvalue weighted by molar-refractivity contribution is 7.97. The molecule has 1 atom stereocenters. The second-order valence-electron chi connectivity index (χ2n) is 6.52. The predicted molar refractivity (Wildman–Crippen MR) is 106 cm³/mol. The summed E-state index contributed by atoms with van der Waals surface area (Å²) in [4.78, 5) is 21.2. The molecule has 140 valence electrons. The van der Waals surface area contributed by atoms with Gasteiger partial charge in [-0.15, -0.1) is 0 Å². The number of aromatic nitrogens is 3. The van der Waals surface area contributed by atoms with E-state index in [1.165, 1.54) is 5.56 Å². The van der Waals surface area contributed by atoms with Crippen LogP contribution in [0.2, 0.25) is 0 Å². The average Bonchev–Trinajstić information content (AvgIpc) is 3.17. The lowest BCUT2D eigenvalue weighted by atomic mass is 10.0. The van der Waals surface area contributed by atoms with Gasteiger partial charge in [0.1, 0.15) is 6.04 Å². The number of hydrogen-bond donors (Lipinski definition) is 1. The number of pyridine rings is 1. The predicted octanol–water partition coefficient (Wildman–Crippen LogP) is 4.12. The molecule has 0 bridgehead atoms. The van der Waals surface area contributed by atoms with Gasteiger partial charge in [0.2, 0.25) is 11.7 Å². The average molecular weight is 382 g/mol. The molecule has 1 aromatic carbocycles. The van der Waals surface area contributed by atoms with Gasteiger partial charge in [0, 0.05) is 29.3 Å². The van der Waals surface area contributed by atoms with E-state index in [0.29, 0.717) is 17.3 Å². The van der Waals surface area contributed by atoms with Crippen molar-refractivity contribution < 1.29 is 9.32 Å². The van der Waals surface area contributed by atoms with E-state index in [2.05, 4.69) is 26.7 Å². The van der Waals surface area contributed by atoms with Crippen molar-refractivity contribution in [3.63, 3.8) is 0 Å². The maximum absolute atomic E-state index is 12.7. The fourth-order valence-corrected chi connectivity index (χ4v) is 3.16. The standard InChI is InChI=1S/C20H22N4O2S/c1-13(2)17(20-23-18(24-26-20)16-5-4-10-21-11-16)22-19(25)15-8-6-14(7-9-15)12-27-3/h4-11,13,17H,12H2,1-3H3,(H,22,25). The first-order valence-electron chi connectivity index (χ1n) is 8.71. The molecule has 1 N–H and O–H groups in total. The van der Waals surface area contributed by atoms with Crippen LogP contribution < -0.4 is 5.32 Å². The van der Waals surface area contributed by atoms with Crippen LogP contribution in [0.25, 0.3) is 11.4 Å². The van der Waals surface area contributed by atoms with E-state index in [-0.39, 0.29) is 17.9 Å². The molecule has 7 heteroatoms. The number of nitrogens with one attached hydrogen (secondary N) is 1.